The minimum Gasteiger partial charge on any atom is -0.497 e. The number of amides is 2. The van der Waals surface area contributed by atoms with Gasteiger partial charge in [-0.15, -0.1) is 0 Å². The van der Waals surface area contributed by atoms with Crippen molar-refractivity contribution in [3.05, 3.63) is 59.9 Å². The number of methoxy groups -OCH3 is 1. The molecule has 128 valence electrons. The van der Waals surface area contributed by atoms with Crippen LogP contribution in [0.15, 0.2) is 48.5 Å². The molecular weight excluding hydrogens is 311 g/mol. The lowest BCUT2D eigenvalue weighted by Crippen LogP contribution is -2.37. The van der Waals surface area contributed by atoms with E-state index in [4.69, 9.17) is 4.74 Å². The molecular formula is C18H21FN2O3. The Kier molecular flexibility index (Phi) is 6.14. The van der Waals surface area contributed by atoms with Crippen molar-refractivity contribution in [3.8, 4) is 5.75 Å². The molecule has 5 nitrogen and oxygen atoms in total. The number of halogens is 1. The monoisotopic (exact) mass is 332 g/mol. The molecule has 6 heteroatoms. The summed E-state index contributed by atoms with van der Waals surface area (Å²) in [5.41, 5.74) is 1.08. The summed E-state index contributed by atoms with van der Waals surface area (Å²) in [5, 5.41) is 15.4. The molecule has 2 aromatic rings. The Morgan fingerprint density at radius 1 is 1.25 bits per heavy atom. The average Bonchev–Trinajstić information content (AvgIpc) is 2.54. The SMILES string of the molecule is COc1cc(F)cc(NC(=O)NC(C)CC(O)c2ccccc2)c1. The van der Waals surface area contributed by atoms with Gasteiger partial charge in [0.05, 0.1) is 13.2 Å². The van der Waals surface area contributed by atoms with Crippen molar-refractivity contribution in [2.24, 2.45) is 0 Å². The third kappa shape index (κ3) is 5.24. The standard InChI is InChI=1S/C18H21FN2O3/c1-12(8-17(22)13-6-4-3-5-7-13)20-18(23)21-15-9-14(19)10-16(11-15)24-2/h3-7,9-12,17,22H,8H2,1-2H3,(H2,20,21,23). The van der Waals surface area contributed by atoms with E-state index in [0.29, 0.717) is 17.9 Å². The first-order chi connectivity index (χ1) is 11.5. The summed E-state index contributed by atoms with van der Waals surface area (Å²) in [7, 11) is 1.42. The summed E-state index contributed by atoms with van der Waals surface area (Å²) in [5.74, 6) is -0.185. The molecule has 2 atom stereocenters. The quantitative estimate of drug-likeness (QED) is 0.758. The molecule has 0 fully saturated rings. The maximum atomic E-state index is 13.4. The van der Waals surface area contributed by atoms with Crippen molar-refractivity contribution in [2.75, 3.05) is 12.4 Å². The van der Waals surface area contributed by atoms with Crippen LogP contribution in [0, 0.1) is 5.82 Å². The zero-order valence-corrected chi connectivity index (χ0v) is 13.6. The van der Waals surface area contributed by atoms with Crippen LogP contribution in [0.1, 0.15) is 25.0 Å². The second-order valence-corrected chi connectivity index (χ2v) is 5.54. The molecule has 0 bridgehead atoms. The summed E-state index contributed by atoms with van der Waals surface area (Å²) in [6.07, 6.45) is -0.306. The molecule has 0 radical (unpaired) electrons. The molecule has 3 N–H and O–H groups in total. The molecule has 0 aliphatic heterocycles. The Hall–Kier alpha value is -2.60. The number of carbonyl (C=O) groups excluding carboxylic acids is 1. The summed E-state index contributed by atoms with van der Waals surface area (Å²) in [6, 6.07) is 12.4. The fraction of sp³-hybridized carbons (Fsp3) is 0.278. The largest absolute Gasteiger partial charge is 0.497 e. The van der Waals surface area contributed by atoms with Crippen molar-refractivity contribution in [3.63, 3.8) is 0 Å². The molecule has 2 unspecified atom stereocenters. The van der Waals surface area contributed by atoms with Gasteiger partial charge in [-0.1, -0.05) is 30.3 Å². The van der Waals surface area contributed by atoms with Crippen LogP contribution in [0.2, 0.25) is 0 Å². The number of ether oxygens (including phenoxy) is 1. The second-order valence-electron chi connectivity index (χ2n) is 5.54. The summed E-state index contributed by atoms with van der Waals surface area (Å²) in [4.78, 5) is 12.0. The third-order valence-corrected chi connectivity index (χ3v) is 3.50. The summed E-state index contributed by atoms with van der Waals surface area (Å²) < 4.78 is 18.4. The zero-order chi connectivity index (χ0) is 17.5. The predicted molar refractivity (Wildman–Crippen MR) is 90.6 cm³/mol. The van der Waals surface area contributed by atoms with Crippen molar-refractivity contribution in [2.45, 2.75) is 25.5 Å². The van der Waals surface area contributed by atoms with Crippen molar-refractivity contribution >= 4 is 11.7 Å². The molecule has 0 aliphatic carbocycles. The molecule has 2 rings (SSSR count). The number of aliphatic hydroxyl groups is 1. The number of rotatable bonds is 6. The van der Waals surface area contributed by atoms with E-state index in [1.807, 2.05) is 30.3 Å². The molecule has 0 spiro atoms. The maximum absolute atomic E-state index is 13.4. The molecule has 24 heavy (non-hydrogen) atoms. The van der Waals surface area contributed by atoms with Gasteiger partial charge < -0.3 is 20.5 Å². The van der Waals surface area contributed by atoms with Crippen LogP contribution in [0.3, 0.4) is 0 Å². The highest BCUT2D eigenvalue weighted by Crippen LogP contribution is 2.20. The van der Waals surface area contributed by atoms with Gasteiger partial charge in [-0.25, -0.2) is 9.18 Å². The fourth-order valence-electron chi connectivity index (χ4n) is 2.35. The normalized spacial score (nSPS) is 13.0. The van der Waals surface area contributed by atoms with Crippen LogP contribution >= 0.6 is 0 Å². The van der Waals surface area contributed by atoms with Gasteiger partial charge in [0, 0.05) is 23.9 Å². The lowest BCUT2D eigenvalue weighted by molar-refractivity contribution is 0.155. The Balaban J connectivity index is 1.89. The Morgan fingerprint density at radius 2 is 1.96 bits per heavy atom. The molecule has 2 aromatic carbocycles. The molecule has 0 aliphatic rings. The van der Waals surface area contributed by atoms with Gasteiger partial charge in [-0.3, -0.25) is 0 Å². The van der Waals surface area contributed by atoms with Gasteiger partial charge in [0.25, 0.3) is 0 Å². The van der Waals surface area contributed by atoms with Crippen LogP contribution in [0.25, 0.3) is 0 Å². The second kappa shape index (κ2) is 8.31. The molecule has 0 saturated carbocycles. The lowest BCUT2D eigenvalue weighted by Gasteiger charge is -2.18. The molecule has 2 amide bonds. The Labute approximate surface area is 140 Å². The van der Waals surface area contributed by atoms with Crippen molar-refractivity contribution in [1.29, 1.82) is 0 Å². The van der Waals surface area contributed by atoms with E-state index in [-0.39, 0.29) is 6.04 Å². The van der Waals surface area contributed by atoms with Gasteiger partial charge in [0.15, 0.2) is 0 Å². The van der Waals surface area contributed by atoms with E-state index in [2.05, 4.69) is 10.6 Å². The number of benzene rings is 2. The van der Waals surface area contributed by atoms with E-state index >= 15 is 0 Å². The number of aliphatic hydroxyl groups excluding tert-OH is 1. The molecule has 0 aromatic heterocycles. The number of carbonyl (C=O) groups is 1. The number of hydrogen-bond donors (Lipinski definition) is 3. The molecule has 0 heterocycles. The molecule has 0 saturated heterocycles. The third-order valence-electron chi connectivity index (χ3n) is 3.50. The van der Waals surface area contributed by atoms with E-state index in [1.54, 1.807) is 6.92 Å². The van der Waals surface area contributed by atoms with Gasteiger partial charge in [-0.2, -0.15) is 0 Å². The summed E-state index contributed by atoms with van der Waals surface area (Å²) >= 11 is 0. The highest BCUT2D eigenvalue weighted by Gasteiger charge is 2.14. The van der Waals surface area contributed by atoms with Gasteiger partial charge in [-0.05, 0) is 25.0 Å². The number of nitrogens with one attached hydrogen (secondary N) is 2. The van der Waals surface area contributed by atoms with Crippen molar-refractivity contribution < 1.29 is 19.0 Å². The van der Waals surface area contributed by atoms with Gasteiger partial charge >= 0.3 is 6.03 Å². The highest BCUT2D eigenvalue weighted by atomic mass is 19.1. The van der Waals surface area contributed by atoms with Gasteiger partial charge in [0.1, 0.15) is 11.6 Å². The number of anilines is 1. The van der Waals surface area contributed by atoms with Crippen LogP contribution in [-0.2, 0) is 0 Å². The lowest BCUT2D eigenvalue weighted by atomic mass is 10.0. The van der Waals surface area contributed by atoms with Gasteiger partial charge in [0.2, 0.25) is 0 Å². The maximum Gasteiger partial charge on any atom is 0.319 e. The van der Waals surface area contributed by atoms with Crippen LogP contribution in [0.4, 0.5) is 14.9 Å². The smallest absolute Gasteiger partial charge is 0.319 e. The minimum absolute atomic E-state index is 0.268. The average molecular weight is 332 g/mol. The topological polar surface area (TPSA) is 70.6 Å². The Bertz CT molecular complexity index is 679. The van der Waals surface area contributed by atoms with Crippen LogP contribution in [0.5, 0.6) is 5.75 Å². The first-order valence-electron chi connectivity index (χ1n) is 7.63. The Morgan fingerprint density at radius 3 is 2.62 bits per heavy atom. The van der Waals surface area contributed by atoms with E-state index in [0.717, 1.165) is 5.56 Å². The predicted octanol–water partition coefficient (Wildman–Crippen LogP) is 3.47. The minimum atomic E-state index is -0.671. The number of hydrogen-bond acceptors (Lipinski definition) is 3. The van der Waals surface area contributed by atoms with Crippen LogP contribution < -0.4 is 15.4 Å². The van der Waals surface area contributed by atoms with E-state index in [9.17, 15) is 14.3 Å². The summed E-state index contributed by atoms with van der Waals surface area (Å²) in [6.45, 7) is 1.79. The van der Waals surface area contributed by atoms with E-state index < -0.39 is 18.0 Å². The van der Waals surface area contributed by atoms with Crippen molar-refractivity contribution in [1.82, 2.24) is 5.32 Å². The highest BCUT2D eigenvalue weighted by molar-refractivity contribution is 5.89. The number of urea groups is 1. The first kappa shape index (κ1) is 17.7. The zero-order valence-electron chi connectivity index (χ0n) is 13.6. The van der Waals surface area contributed by atoms with E-state index in [1.165, 1.54) is 25.3 Å². The van der Waals surface area contributed by atoms with Crippen LogP contribution in [-0.4, -0.2) is 24.3 Å². The fourth-order valence-corrected chi connectivity index (χ4v) is 2.35. The first-order valence-corrected chi connectivity index (χ1v) is 7.63.